The lowest BCUT2D eigenvalue weighted by atomic mass is 9.67. The van der Waals surface area contributed by atoms with E-state index in [1.807, 2.05) is 12.1 Å². The molecule has 1 amide bonds. The van der Waals surface area contributed by atoms with Gasteiger partial charge in [-0.25, -0.2) is 0 Å². The molecule has 2 N–H and O–H groups in total. The molecule has 0 bridgehead atoms. The van der Waals surface area contributed by atoms with Crippen molar-refractivity contribution < 1.29 is 9.53 Å². The zero-order valence-corrected chi connectivity index (χ0v) is 13.9. The van der Waals surface area contributed by atoms with Gasteiger partial charge in [-0.1, -0.05) is 25.0 Å². The van der Waals surface area contributed by atoms with E-state index in [1.54, 1.807) is 7.11 Å². The van der Waals surface area contributed by atoms with Gasteiger partial charge in [-0.05, 0) is 55.3 Å². The number of carbonyl (C=O) groups excluding carboxylic acids is 1. The van der Waals surface area contributed by atoms with Gasteiger partial charge in [0, 0.05) is 6.54 Å². The van der Waals surface area contributed by atoms with Gasteiger partial charge in [0.15, 0.2) is 0 Å². The Bertz CT molecular complexity index is 615. The van der Waals surface area contributed by atoms with Crippen molar-refractivity contribution in [2.24, 2.45) is 11.3 Å². The summed E-state index contributed by atoms with van der Waals surface area (Å²) in [4.78, 5) is 13.1. The van der Waals surface area contributed by atoms with Crippen molar-refractivity contribution in [3.8, 4) is 5.75 Å². The maximum atomic E-state index is 13.1. The number of amides is 1. The number of fused-ring (bicyclic) bond motifs is 2. The second kappa shape index (κ2) is 5.82. The highest BCUT2D eigenvalue weighted by Crippen LogP contribution is 2.45. The molecule has 4 heteroatoms. The molecule has 3 atom stereocenters. The van der Waals surface area contributed by atoms with E-state index in [2.05, 4.69) is 16.7 Å². The van der Waals surface area contributed by atoms with E-state index in [9.17, 15) is 4.79 Å². The number of hydrogen-bond acceptors (Lipinski definition) is 3. The van der Waals surface area contributed by atoms with Crippen LogP contribution in [0, 0.1) is 11.3 Å². The minimum absolute atomic E-state index is 0.144. The Kier molecular flexibility index (Phi) is 3.80. The van der Waals surface area contributed by atoms with Crippen LogP contribution in [0.4, 0.5) is 0 Å². The maximum Gasteiger partial charge on any atom is 0.228 e. The smallest absolute Gasteiger partial charge is 0.228 e. The molecule has 1 saturated heterocycles. The molecule has 1 unspecified atom stereocenters. The van der Waals surface area contributed by atoms with Crippen molar-refractivity contribution in [3.63, 3.8) is 0 Å². The van der Waals surface area contributed by atoms with E-state index in [0.29, 0.717) is 5.92 Å². The lowest BCUT2D eigenvalue weighted by Crippen LogP contribution is -2.48. The first kappa shape index (κ1) is 15.0. The number of rotatable bonds is 3. The standard InChI is InChI=1S/C19H26N2O2/c1-23-17-7-4-6-14-15(17)8-9-16(14)21-18(22)19-10-3-2-5-13(19)11-20-12-19/h4,6-7,13,16,20H,2-3,5,8-12H2,1H3,(H,21,22)/t13-,16?,19+/m0/s1. The minimum Gasteiger partial charge on any atom is -0.496 e. The highest BCUT2D eigenvalue weighted by atomic mass is 16.5. The number of carbonyl (C=O) groups is 1. The summed E-state index contributed by atoms with van der Waals surface area (Å²) in [5, 5.41) is 6.85. The van der Waals surface area contributed by atoms with Gasteiger partial charge < -0.3 is 15.4 Å². The summed E-state index contributed by atoms with van der Waals surface area (Å²) in [7, 11) is 1.72. The molecule has 124 valence electrons. The predicted octanol–water partition coefficient (Wildman–Crippen LogP) is 2.58. The van der Waals surface area contributed by atoms with Crippen molar-refractivity contribution in [2.75, 3.05) is 20.2 Å². The van der Waals surface area contributed by atoms with Crippen LogP contribution < -0.4 is 15.4 Å². The predicted molar refractivity (Wildman–Crippen MR) is 89.5 cm³/mol. The summed E-state index contributed by atoms with van der Waals surface area (Å²) in [6.07, 6.45) is 6.64. The summed E-state index contributed by atoms with van der Waals surface area (Å²) < 4.78 is 5.47. The quantitative estimate of drug-likeness (QED) is 0.901. The number of benzene rings is 1. The first-order valence-electron chi connectivity index (χ1n) is 8.92. The van der Waals surface area contributed by atoms with Gasteiger partial charge in [-0.15, -0.1) is 0 Å². The van der Waals surface area contributed by atoms with Crippen LogP contribution in [0.15, 0.2) is 18.2 Å². The molecule has 1 aliphatic heterocycles. The van der Waals surface area contributed by atoms with Crippen molar-refractivity contribution in [2.45, 2.75) is 44.6 Å². The molecule has 0 aromatic heterocycles. The molecule has 4 nitrogen and oxygen atoms in total. The fraction of sp³-hybridized carbons (Fsp3) is 0.632. The molecule has 0 spiro atoms. The van der Waals surface area contributed by atoms with Crippen LogP contribution in [0.25, 0.3) is 0 Å². The van der Waals surface area contributed by atoms with Crippen molar-refractivity contribution in [1.82, 2.24) is 10.6 Å². The molecule has 1 aromatic rings. The number of hydrogen-bond donors (Lipinski definition) is 2. The SMILES string of the molecule is COc1cccc2c1CCC2NC(=O)[C@@]12CCCC[C@H]1CNC2. The Hall–Kier alpha value is -1.55. The summed E-state index contributed by atoms with van der Waals surface area (Å²) in [6.45, 7) is 1.85. The summed E-state index contributed by atoms with van der Waals surface area (Å²) in [6, 6.07) is 6.32. The van der Waals surface area contributed by atoms with Gasteiger partial charge in [0.2, 0.25) is 5.91 Å². The molecule has 1 aromatic carbocycles. The van der Waals surface area contributed by atoms with E-state index in [4.69, 9.17) is 4.74 Å². The highest BCUT2D eigenvalue weighted by Gasteiger charge is 2.50. The first-order chi connectivity index (χ1) is 11.2. The number of methoxy groups -OCH3 is 1. The molecule has 0 radical (unpaired) electrons. The molecule has 3 aliphatic rings. The van der Waals surface area contributed by atoms with Gasteiger partial charge in [0.25, 0.3) is 0 Å². The van der Waals surface area contributed by atoms with Gasteiger partial charge in [0.05, 0.1) is 18.6 Å². The van der Waals surface area contributed by atoms with E-state index < -0.39 is 0 Å². The Morgan fingerprint density at radius 2 is 2.26 bits per heavy atom. The van der Waals surface area contributed by atoms with E-state index in [-0.39, 0.29) is 17.4 Å². The van der Waals surface area contributed by atoms with Gasteiger partial charge in [-0.3, -0.25) is 4.79 Å². The average Bonchev–Trinajstić information content (AvgIpc) is 3.19. The zero-order valence-electron chi connectivity index (χ0n) is 13.9. The van der Waals surface area contributed by atoms with Gasteiger partial charge in [-0.2, -0.15) is 0 Å². The van der Waals surface area contributed by atoms with Crippen molar-refractivity contribution in [1.29, 1.82) is 0 Å². The summed E-state index contributed by atoms with van der Waals surface area (Å²) >= 11 is 0. The molecule has 23 heavy (non-hydrogen) atoms. The van der Waals surface area contributed by atoms with Crippen LogP contribution in [0.2, 0.25) is 0 Å². The molecule has 1 heterocycles. The molecular weight excluding hydrogens is 288 g/mol. The van der Waals surface area contributed by atoms with Crippen molar-refractivity contribution in [3.05, 3.63) is 29.3 Å². The average molecular weight is 314 g/mol. The van der Waals surface area contributed by atoms with Crippen molar-refractivity contribution >= 4 is 5.91 Å². The Labute approximate surface area is 138 Å². The van der Waals surface area contributed by atoms with Crippen LogP contribution in [0.3, 0.4) is 0 Å². The molecule has 1 saturated carbocycles. The van der Waals surface area contributed by atoms with Crippen LogP contribution in [-0.2, 0) is 11.2 Å². The third kappa shape index (κ3) is 2.35. The second-order valence-electron chi connectivity index (χ2n) is 7.32. The Morgan fingerprint density at radius 3 is 3.13 bits per heavy atom. The fourth-order valence-corrected chi connectivity index (χ4v) is 4.95. The van der Waals surface area contributed by atoms with Crippen LogP contribution in [-0.4, -0.2) is 26.1 Å². The maximum absolute atomic E-state index is 13.1. The zero-order chi connectivity index (χ0) is 15.9. The molecule has 2 aliphatic carbocycles. The van der Waals surface area contributed by atoms with Gasteiger partial charge >= 0.3 is 0 Å². The highest BCUT2D eigenvalue weighted by molar-refractivity contribution is 5.84. The fourth-order valence-electron chi connectivity index (χ4n) is 4.95. The molecule has 2 fully saturated rings. The number of ether oxygens (including phenoxy) is 1. The third-order valence-electron chi connectivity index (χ3n) is 6.24. The lowest BCUT2D eigenvalue weighted by Gasteiger charge is -2.38. The lowest BCUT2D eigenvalue weighted by molar-refractivity contribution is -0.134. The summed E-state index contributed by atoms with van der Waals surface area (Å²) in [5.41, 5.74) is 2.34. The largest absolute Gasteiger partial charge is 0.496 e. The van der Waals surface area contributed by atoms with E-state index >= 15 is 0 Å². The van der Waals surface area contributed by atoms with Gasteiger partial charge in [0.1, 0.15) is 5.75 Å². The Balaban J connectivity index is 1.55. The van der Waals surface area contributed by atoms with Crippen LogP contribution in [0.5, 0.6) is 5.75 Å². The number of nitrogens with one attached hydrogen (secondary N) is 2. The molecule has 4 rings (SSSR count). The monoisotopic (exact) mass is 314 g/mol. The minimum atomic E-state index is -0.167. The van der Waals surface area contributed by atoms with Crippen LogP contribution >= 0.6 is 0 Å². The van der Waals surface area contributed by atoms with E-state index in [0.717, 1.165) is 38.1 Å². The third-order valence-corrected chi connectivity index (χ3v) is 6.24. The van der Waals surface area contributed by atoms with Crippen LogP contribution in [0.1, 0.15) is 49.3 Å². The Morgan fingerprint density at radius 1 is 1.35 bits per heavy atom. The van der Waals surface area contributed by atoms with E-state index in [1.165, 1.54) is 30.4 Å². The first-order valence-corrected chi connectivity index (χ1v) is 8.92. The second-order valence-corrected chi connectivity index (χ2v) is 7.32. The normalized spacial score (nSPS) is 32.2. The summed E-state index contributed by atoms with van der Waals surface area (Å²) in [5.74, 6) is 1.74. The topological polar surface area (TPSA) is 50.4 Å². The molecular formula is C19H26N2O2.